The van der Waals surface area contributed by atoms with Crippen LogP contribution in [0.3, 0.4) is 0 Å². The number of hydrogen-bond donors (Lipinski definition) is 0. The Morgan fingerprint density at radius 2 is 0.857 bits per heavy atom. The number of fused-ring (bicyclic) bond motifs is 3. The van der Waals surface area contributed by atoms with E-state index in [1.54, 1.807) is 11.3 Å². The lowest BCUT2D eigenvalue weighted by Crippen LogP contribution is -2.00. The summed E-state index contributed by atoms with van der Waals surface area (Å²) in [5.74, 6) is 1.99. The van der Waals surface area contributed by atoms with Crippen molar-refractivity contribution in [3.63, 3.8) is 0 Å². The summed E-state index contributed by atoms with van der Waals surface area (Å²) < 4.78 is 2.43. The van der Waals surface area contributed by atoms with Gasteiger partial charge in [-0.15, -0.1) is 11.3 Å². The highest BCUT2D eigenvalue weighted by atomic mass is 32.1. The van der Waals surface area contributed by atoms with Gasteiger partial charge in [-0.3, -0.25) is 0 Å². The SMILES string of the molecule is c1ccc(-c2ccc(-c3ccc4sc5cccc(-c6nc(-c7ccccc7)nc(-c7ccccc7)n6)c5c4c3)c(-c3ccccc3)c2)cc1. The van der Waals surface area contributed by atoms with Gasteiger partial charge in [0.1, 0.15) is 0 Å². The molecular formula is C45H29N3S. The van der Waals surface area contributed by atoms with Crippen molar-refractivity contribution in [2.45, 2.75) is 0 Å². The Morgan fingerprint density at radius 1 is 0.306 bits per heavy atom. The van der Waals surface area contributed by atoms with Crippen LogP contribution in [-0.2, 0) is 0 Å². The molecule has 0 aliphatic rings. The zero-order valence-corrected chi connectivity index (χ0v) is 27.3. The van der Waals surface area contributed by atoms with Crippen molar-refractivity contribution < 1.29 is 0 Å². The first kappa shape index (κ1) is 29.0. The van der Waals surface area contributed by atoms with Gasteiger partial charge in [0.25, 0.3) is 0 Å². The molecule has 9 rings (SSSR count). The number of nitrogens with zero attached hydrogens (tertiary/aromatic N) is 3. The predicted octanol–water partition coefficient (Wildman–Crippen LogP) is 12.2. The summed E-state index contributed by atoms with van der Waals surface area (Å²) in [6.45, 7) is 0. The van der Waals surface area contributed by atoms with Gasteiger partial charge in [-0.1, -0.05) is 152 Å². The van der Waals surface area contributed by atoms with E-state index in [1.165, 1.54) is 48.2 Å². The molecule has 0 aliphatic heterocycles. The third-order valence-corrected chi connectivity index (χ3v) is 10.1. The van der Waals surface area contributed by atoms with E-state index >= 15 is 0 Å². The Morgan fingerprint density at radius 3 is 1.49 bits per heavy atom. The molecule has 7 aromatic carbocycles. The van der Waals surface area contributed by atoms with Crippen LogP contribution in [0.5, 0.6) is 0 Å². The standard InChI is InChI=1S/C45H29N3S/c1-5-14-30(15-6-1)34-24-26-36(38(28-34)31-16-7-2-8-17-31)35-25-27-40-39(29-35)42-37(22-13-23-41(42)49-40)45-47-43(32-18-9-3-10-19-32)46-44(48-45)33-20-11-4-12-21-33/h1-29H. The smallest absolute Gasteiger partial charge is 0.164 e. The number of rotatable bonds is 6. The Balaban J connectivity index is 1.25. The van der Waals surface area contributed by atoms with Crippen molar-refractivity contribution in [3.05, 3.63) is 176 Å². The first-order chi connectivity index (χ1) is 24.3. The van der Waals surface area contributed by atoms with Crippen LogP contribution >= 0.6 is 11.3 Å². The molecule has 9 aromatic rings. The van der Waals surface area contributed by atoms with Crippen molar-refractivity contribution in [2.75, 3.05) is 0 Å². The highest BCUT2D eigenvalue weighted by molar-refractivity contribution is 7.26. The van der Waals surface area contributed by atoms with Gasteiger partial charge in [-0.2, -0.15) is 0 Å². The monoisotopic (exact) mass is 643 g/mol. The van der Waals surface area contributed by atoms with Gasteiger partial charge in [0, 0.05) is 36.9 Å². The molecule has 0 radical (unpaired) electrons. The van der Waals surface area contributed by atoms with Gasteiger partial charge in [0.15, 0.2) is 17.5 Å². The highest BCUT2D eigenvalue weighted by Crippen LogP contribution is 2.43. The van der Waals surface area contributed by atoms with Crippen LogP contribution in [0.25, 0.3) is 87.7 Å². The average molecular weight is 644 g/mol. The second-order valence-electron chi connectivity index (χ2n) is 12.0. The Hall–Kier alpha value is -6.23. The van der Waals surface area contributed by atoms with E-state index in [4.69, 9.17) is 15.0 Å². The molecule has 0 spiro atoms. The zero-order valence-electron chi connectivity index (χ0n) is 26.5. The largest absolute Gasteiger partial charge is 0.208 e. The Labute approximate surface area is 288 Å². The molecule has 49 heavy (non-hydrogen) atoms. The molecular weight excluding hydrogens is 615 g/mol. The quantitative estimate of drug-likeness (QED) is 0.181. The molecule has 0 saturated heterocycles. The lowest BCUT2D eigenvalue weighted by Gasteiger charge is -2.14. The summed E-state index contributed by atoms with van der Waals surface area (Å²) in [5, 5.41) is 2.36. The number of aromatic nitrogens is 3. The van der Waals surface area contributed by atoms with Crippen LogP contribution in [-0.4, -0.2) is 15.0 Å². The second kappa shape index (κ2) is 12.4. The zero-order chi connectivity index (χ0) is 32.6. The van der Waals surface area contributed by atoms with Gasteiger partial charge in [-0.05, 0) is 57.6 Å². The molecule has 2 heterocycles. The van der Waals surface area contributed by atoms with Crippen LogP contribution in [0, 0.1) is 0 Å². The van der Waals surface area contributed by atoms with E-state index in [0.717, 1.165) is 22.1 Å². The summed E-state index contributed by atoms with van der Waals surface area (Å²) >= 11 is 1.80. The van der Waals surface area contributed by atoms with Crippen LogP contribution in [0.15, 0.2) is 176 Å². The first-order valence-electron chi connectivity index (χ1n) is 16.4. The Kier molecular flexibility index (Phi) is 7.34. The van der Waals surface area contributed by atoms with Crippen molar-refractivity contribution in [1.82, 2.24) is 15.0 Å². The summed E-state index contributed by atoms with van der Waals surface area (Å²) in [4.78, 5) is 15.1. The van der Waals surface area contributed by atoms with Gasteiger partial charge in [0.2, 0.25) is 0 Å². The minimum Gasteiger partial charge on any atom is -0.208 e. The third-order valence-electron chi connectivity index (χ3n) is 8.96. The van der Waals surface area contributed by atoms with Crippen molar-refractivity contribution in [2.24, 2.45) is 0 Å². The summed E-state index contributed by atoms with van der Waals surface area (Å²) in [6, 6.07) is 61.7. The fourth-order valence-electron chi connectivity index (χ4n) is 6.57. The summed E-state index contributed by atoms with van der Waals surface area (Å²) in [7, 11) is 0. The van der Waals surface area contributed by atoms with Crippen LogP contribution in [0.4, 0.5) is 0 Å². The lowest BCUT2D eigenvalue weighted by molar-refractivity contribution is 1.08. The maximum absolute atomic E-state index is 5.09. The fourth-order valence-corrected chi connectivity index (χ4v) is 7.68. The van der Waals surface area contributed by atoms with Crippen molar-refractivity contribution in [1.29, 1.82) is 0 Å². The molecule has 230 valence electrons. The summed E-state index contributed by atoms with van der Waals surface area (Å²) in [5.41, 5.74) is 10.1. The highest BCUT2D eigenvalue weighted by Gasteiger charge is 2.18. The molecule has 4 heteroatoms. The van der Waals surface area contributed by atoms with E-state index in [1.807, 2.05) is 60.7 Å². The van der Waals surface area contributed by atoms with Crippen LogP contribution < -0.4 is 0 Å². The first-order valence-corrected chi connectivity index (χ1v) is 17.2. The van der Waals surface area contributed by atoms with E-state index in [9.17, 15) is 0 Å². The van der Waals surface area contributed by atoms with Gasteiger partial charge in [0.05, 0.1) is 0 Å². The molecule has 0 amide bonds. The van der Waals surface area contributed by atoms with E-state index in [0.29, 0.717) is 17.5 Å². The van der Waals surface area contributed by atoms with Crippen molar-refractivity contribution >= 4 is 31.5 Å². The predicted molar refractivity (Wildman–Crippen MR) is 205 cm³/mol. The van der Waals surface area contributed by atoms with E-state index < -0.39 is 0 Å². The molecule has 0 unspecified atom stereocenters. The molecule has 3 nitrogen and oxygen atoms in total. The minimum absolute atomic E-state index is 0.660. The van der Waals surface area contributed by atoms with E-state index in [-0.39, 0.29) is 0 Å². The molecule has 0 fully saturated rings. The summed E-state index contributed by atoms with van der Waals surface area (Å²) in [6.07, 6.45) is 0. The van der Waals surface area contributed by atoms with Gasteiger partial charge >= 0.3 is 0 Å². The lowest BCUT2D eigenvalue weighted by atomic mass is 9.90. The molecule has 0 saturated carbocycles. The number of hydrogen-bond acceptors (Lipinski definition) is 4. The molecule has 0 N–H and O–H groups in total. The second-order valence-corrected chi connectivity index (χ2v) is 13.1. The van der Waals surface area contributed by atoms with Gasteiger partial charge < -0.3 is 0 Å². The molecule has 0 aliphatic carbocycles. The number of thiophene rings is 1. The van der Waals surface area contributed by atoms with E-state index in [2.05, 4.69) is 115 Å². The third kappa shape index (κ3) is 5.48. The van der Waals surface area contributed by atoms with Crippen LogP contribution in [0.1, 0.15) is 0 Å². The van der Waals surface area contributed by atoms with Gasteiger partial charge in [-0.25, -0.2) is 15.0 Å². The maximum atomic E-state index is 5.09. The van der Waals surface area contributed by atoms with Crippen molar-refractivity contribution in [3.8, 4) is 67.5 Å². The average Bonchev–Trinajstić information content (AvgIpc) is 3.57. The van der Waals surface area contributed by atoms with Crippen LogP contribution in [0.2, 0.25) is 0 Å². The molecule has 0 atom stereocenters. The minimum atomic E-state index is 0.660. The Bertz CT molecular complexity index is 2520. The maximum Gasteiger partial charge on any atom is 0.164 e. The molecule has 0 bridgehead atoms. The normalized spacial score (nSPS) is 11.3. The molecule has 2 aromatic heterocycles. The number of benzene rings is 7. The fraction of sp³-hybridized carbons (Fsp3) is 0. The topological polar surface area (TPSA) is 38.7 Å².